The Kier molecular flexibility index (Phi) is 4.38. The third kappa shape index (κ3) is 3.23. The first-order valence-corrected chi connectivity index (χ1v) is 6.82. The second-order valence-corrected chi connectivity index (χ2v) is 5.40. The zero-order valence-corrected chi connectivity index (χ0v) is 12.2. The van der Waals surface area contributed by atoms with Gasteiger partial charge in [-0.2, -0.15) is 0 Å². The van der Waals surface area contributed by atoms with Gasteiger partial charge in [-0.3, -0.25) is 0 Å². The van der Waals surface area contributed by atoms with E-state index in [1.165, 1.54) is 0 Å². The Morgan fingerprint density at radius 2 is 1.95 bits per heavy atom. The molecule has 0 saturated carbocycles. The van der Waals surface area contributed by atoms with Crippen molar-refractivity contribution in [2.24, 2.45) is 7.05 Å². The zero-order chi connectivity index (χ0) is 14.0. The standard InChI is InChI=1S/C12H20N4O2S/c1-14-5-7-16(8-6-14)4-3-9-10(11(17)18)13-12(19)15(9)2/h3-8H2,1-2H3,(H,13,19)(H,17,18). The number of carboxylic acid groups (broad SMARTS) is 1. The van der Waals surface area contributed by atoms with Gasteiger partial charge >= 0.3 is 5.97 Å². The highest BCUT2D eigenvalue weighted by atomic mass is 32.1. The topological polar surface area (TPSA) is 64.5 Å². The summed E-state index contributed by atoms with van der Waals surface area (Å²) in [6.45, 7) is 5.07. The molecule has 0 bridgehead atoms. The van der Waals surface area contributed by atoms with E-state index in [1.807, 2.05) is 7.05 Å². The highest BCUT2D eigenvalue weighted by Crippen LogP contribution is 2.10. The van der Waals surface area contributed by atoms with Crippen LogP contribution in [0, 0.1) is 4.77 Å². The molecule has 0 atom stereocenters. The minimum atomic E-state index is -0.944. The van der Waals surface area contributed by atoms with Gasteiger partial charge in [0, 0.05) is 46.2 Å². The summed E-state index contributed by atoms with van der Waals surface area (Å²) in [6, 6.07) is 0. The van der Waals surface area contributed by atoms with Crippen LogP contribution in [0.4, 0.5) is 0 Å². The number of aromatic nitrogens is 2. The molecule has 0 radical (unpaired) electrons. The predicted octanol–water partition coefficient (Wildman–Crippen LogP) is 0.571. The molecule has 1 aromatic heterocycles. The molecule has 0 aliphatic carbocycles. The Labute approximate surface area is 117 Å². The largest absolute Gasteiger partial charge is 0.477 e. The number of H-pyrrole nitrogens is 1. The molecule has 19 heavy (non-hydrogen) atoms. The van der Waals surface area contributed by atoms with Crippen molar-refractivity contribution in [3.63, 3.8) is 0 Å². The Morgan fingerprint density at radius 1 is 1.32 bits per heavy atom. The molecule has 0 spiro atoms. The number of hydrogen-bond donors (Lipinski definition) is 2. The molecule has 7 heteroatoms. The number of likely N-dealkylation sites (N-methyl/N-ethyl adjacent to an activating group) is 1. The van der Waals surface area contributed by atoms with Crippen LogP contribution in [0.15, 0.2) is 0 Å². The van der Waals surface area contributed by atoms with Crippen molar-refractivity contribution in [1.29, 1.82) is 0 Å². The number of hydrogen-bond acceptors (Lipinski definition) is 4. The molecule has 1 saturated heterocycles. The number of aromatic carboxylic acids is 1. The third-order valence-electron chi connectivity index (χ3n) is 3.70. The number of carboxylic acids is 1. The fourth-order valence-electron chi connectivity index (χ4n) is 2.36. The van der Waals surface area contributed by atoms with E-state index in [2.05, 4.69) is 21.8 Å². The quantitative estimate of drug-likeness (QED) is 0.792. The molecule has 106 valence electrons. The fraction of sp³-hybridized carbons (Fsp3) is 0.667. The van der Waals surface area contributed by atoms with E-state index in [9.17, 15) is 4.79 Å². The van der Waals surface area contributed by atoms with Crippen molar-refractivity contribution >= 4 is 18.2 Å². The summed E-state index contributed by atoms with van der Waals surface area (Å²) in [7, 11) is 3.93. The van der Waals surface area contributed by atoms with E-state index in [1.54, 1.807) is 4.57 Å². The Bertz CT molecular complexity index is 514. The first-order valence-electron chi connectivity index (χ1n) is 6.41. The maximum atomic E-state index is 11.2. The van der Waals surface area contributed by atoms with Gasteiger partial charge in [0.05, 0.1) is 5.69 Å². The van der Waals surface area contributed by atoms with Gasteiger partial charge < -0.3 is 24.5 Å². The van der Waals surface area contributed by atoms with Crippen molar-refractivity contribution in [3.8, 4) is 0 Å². The Morgan fingerprint density at radius 3 is 2.53 bits per heavy atom. The van der Waals surface area contributed by atoms with Crippen molar-refractivity contribution in [1.82, 2.24) is 19.4 Å². The minimum absolute atomic E-state index is 0.224. The molecule has 2 heterocycles. The fourth-order valence-corrected chi connectivity index (χ4v) is 2.57. The number of rotatable bonds is 4. The molecule has 0 amide bonds. The van der Waals surface area contributed by atoms with E-state index in [0.717, 1.165) is 38.4 Å². The van der Waals surface area contributed by atoms with Crippen LogP contribution in [-0.2, 0) is 13.5 Å². The first kappa shape index (κ1) is 14.2. The molecule has 1 aromatic rings. The van der Waals surface area contributed by atoms with Crippen molar-refractivity contribution < 1.29 is 9.90 Å². The highest BCUT2D eigenvalue weighted by Gasteiger charge is 2.18. The van der Waals surface area contributed by atoms with Crippen LogP contribution >= 0.6 is 12.2 Å². The SMILES string of the molecule is CN1CCN(CCc2c(C(=O)O)[nH]c(=S)n2C)CC1. The number of carbonyl (C=O) groups is 1. The molecule has 2 N–H and O–H groups in total. The second kappa shape index (κ2) is 5.85. The van der Waals surface area contributed by atoms with Gasteiger partial charge in [0.25, 0.3) is 0 Å². The number of nitrogens with one attached hydrogen (secondary N) is 1. The molecule has 2 rings (SSSR count). The highest BCUT2D eigenvalue weighted by molar-refractivity contribution is 7.71. The average Bonchev–Trinajstić information content (AvgIpc) is 2.66. The van der Waals surface area contributed by atoms with E-state index in [-0.39, 0.29) is 5.69 Å². The smallest absolute Gasteiger partial charge is 0.354 e. The van der Waals surface area contributed by atoms with Crippen LogP contribution in [0.2, 0.25) is 0 Å². The van der Waals surface area contributed by atoms with Crippen molar-refractivity contribution in [2.75, 3.05) is 39.8 Å². The second-order valence-electron chi connectivity index (χ2n) is 5.01. The van der Waals surface area contributed by atoms with Gasteiger partial charge in [0.1, 0.15) is 5.69 Å². The monoisotopic (exact) mass is 284 g/mol. The maximum Gasteiger partial charge on any atom is 0.354 e. The van der Waals surface area contributed by atoms with Gasteiger partial charge in [-0.05, 0) is 19.3 Å². The normalized spacial score (nSPS) is 17.8. The van der Waals surface area contributed by atoms with Gasteiger partial charge in [0.2, 0.25) is 0 Å². The number of aromatic amines is 1. The van der Waals surface area contributed by atoms with Crippen LogP contribution in [0.25, 0.3) is 0 Å². The van der Waals surface area contributed by atoms with E-state index in [4.69, 9.17) is 17.3 Å². The minimum Gasteiger partial charge on any atom is -0.477 e. The summed E-state index contributed by atoms with van der Waals surface area (Å²) in [4.78, 5) is 18.6. The zero-order valence-electron chi connectivity index (χ0n) is 11.3. The van der Waals surface area contributed by atoms with Crippen molar-refractivity contribution in [2.45, 2.75) is 6.42 Å². The van der Waals surface area contributed by atoms with E-state index < -0.39 is 5.97 Å². The number of nitrogens with zero attached hydrogens (tertiary/aromatic N) is 3. The summed E-state index contributed by atoms with van der Waals surface area (Å²) < 4.78 is 2.22. The summed E-state index contributed by atoms with van der Waals surface area (Å²) in [6.07, 6.45) is 0.703. The molecule has 1 aliphatic rings. The summed E-state index contributed by atoms with van der Waals surface area (Å²) >= 11 is 5.09. The summed E-state index contributed by atoms with van der Waals surface area (Å²) in [5, 5.41) is 9.16. The molecule has 1 fully saturated rings. The lowest BCUT2D eigenvalue weighted by atomic mass is 10.2. The molecule has 0 aromatic carbocycles. The molecule has 0 unspecified atom stereocenters. The Balaban J connectivity index is 2.03. The maximum absolute atomic E-state index is 11.2. The van der Waals surface area contributed by atoms with Gasteiger partial charge in [0.15, 0.2) is 4.77 Å². The predicted molar refractivity (Wildman–Crippen MR) is 75.2 cm³/mol. The van der Waals surface area contributed by atoms with Crippen LogP contribution in [0.3, 0.4) is 0 Å². The first-order chi connectivity index (χ1) is 8.99. The van der Waals surface area contributed by atoms with Crippen molar-refractivity contribution in [3.05, 3.63) is 16.2 Å². The molecule has 6 nitrogen and oxygen atoms in total. The van der Waals surface area contributed by atoms with E-state index >= 15 is 0 Å². The summed E-state index contributed by atoms with van der Waals surface area (Å²) in [5.41, 5.74) is 0.998. The lowest BCUT2D eigenvalue weighted by Crippen LogP contribution is -2.45. The third-order valence-corrected chi connectivity index (χ3v) is 4.08. The van der Waals surface area contributed by atoms with Crippen LogP contribution in [-0.4, -0.2) is 70.2 Å². The lowest BCUT2D eigenvalue weighted by Gasteiger charge is -2.32. The van der Waals surface area contributed by atoms with Crippen LogP contribution < -0.4 is 0 Å². The van der Waals surface area contributed by atoms with Gasteiger partial charge in [-0.1, -0.05) is 0 Å². The average molecular weight is 284 g/mol. The lowest BCUT2D eigenvalue weighted by molar-refractivity contribution is 0.0689. The number of imidazole rings is 1. The van der Waals surface area contributed by atoms with Crippen LogP contribution in [0.5, 0.6) is 0 Å². The molecule has 1 aliphatic heterocycles. The number of piperazine rings is 1. The summed E-state index contributed by atoms with van der Waals surface area (Å²) in [5.74, 6) is -0.944. The molecular weight excluding hydrogens is 264 g/mol. The van der Waals surface area contributed by atoms with Gasteiger partial charge in [-0.15, -0.1) is 0 Å². The van der Waals surface area contributed by atoms with Gasteiger partial charge in [-0.25, -0.2) is 4.79 Å². The molecular formula is C12H20N4O2S. The Hall–Kier alpha value is -1.18. The van der Waals surface area contributed by atoms with Crippen LogP contribution in [0.1, 0.15) is 16.2 Å². The van der Waals surface area contributed by atoms with E-state index in [0.29, 0.717) is 11.2 Å².